The van der Waals surface area contributed by atoms with E-state index in [2.05, 4.69) is 23.1 Å². The highest BCUT2D eigenvalue weighted by atomic mass is 32.1. The molecule has 0 aromatic heterocycles. The molecule has 2 rings (SSSR count). The number of carbonyl (C=O) groups is 1. The lowest BCUT2D eigenvalue weighted by Gasteiger charge is -2.30. The Balaban J connectivity index is 1.97. The van der Waals surface area contributed by atoms with Crippen LogP contribution in [-0.2, 0) is 0 Å². The number of amides is 1. The molecule has 2 atom stereocenters. The van der Waals surface area contributed by atoms with Crippen LogP contribution < -0.4 is 30.4 Å². The molecule has 1 amide bonds. The minimum Gasteiger partial charge on any atom is -0.493 e. The average molecular weight is 381 g/mol. The number of hydrogen-bond donors (Lipinski definition) is 3. The van der Waals surface area contributed by atoms with Crippen LogP contribution in [-0.4, -0.2) is 38.4 Å². The first-order chi connectivity index (χ1) is 12.5. The summed E-state index contributed by atoms with van der Waals surface area (Å²) in [7, 11) is 4.52. The van der Waals surface area contributed by atoms with E-state index in [0.29, 0.717) is 39.9 Å². The highest BCUT2D eigenvalue weighted by molar-refractivity contribution is 7.80. The molecule has 0 spiro atoms. The van der Waals surface area contributed by atoms with Gasteiger partial charge in [0.2, 0.25) is 5.75 Å². The number of hydrogen-bond acceptors (Lipinski definition) is 5. The van der Waals surface area contributed by atoms with E-state index in [1.807, 2.05) is 0 Å². The van der Waals surface area contributed by atoms with Gasteiger partial charge in [-0.05, 0) is 43.1 Å². The predicted octanol–water partition coefficient (Wildman–Crippen LogP) is 2.40. The highest BCUT2D eigenvalue weighted by Gasteiger charge is 2.22. The van der Waals surface area contributed by atoms with E-state index in [1.54, 1.807) is 12.1 Å². The third kappa shape index (κ3) is 4.91. The second-order valence-corrected chi connectivity index (χ2v) is 6.74. The van der Waals surface area contributed by atoms with Crippen LogP contribution in [0.2, 0.25) is 0 Å². The van der Waals surface area contributed by atoms with E-state index in [1.165, 1.54) is 40.6 Å². The van der Waals surface area contributed by atoms with Crippen molar-refractivity contribution in [1.82, 2.24) is 16.2 Å². The average Bonchev–Trinajstić information content (AvgIpc) is 2.66. The number of benzene rings is 1. The van der Waals surface area contributed by atoms with Crippen molar-refractivity contribution in [3.8, 4) is 17.2 Å². The van der Waals surface area contributed by atoms with Gasteiger partial charge >= 0.3 is 0 Å². The molecule has 1 aliphatic rings. The number of nitrogens with one attached hydrogen (secondary N) is 3. The first kappa shape index (κ1) is 20.1. The van der Waals surface area contributed by atoms with Crippen molar-refractivity contribution < 1.29 is 19.0 Å². The number of ether oxygens (including phenoxy) is 3. The number of hydrazine groups is 1. The van der Waals surface area contributed by atoms with Gasteiger partial charge in [-0.2, -0.15) is 0 Å². The van der Waals surface area contributed by atoms with Crippen LogP contribution in [0.15, 0.2) is 12.1 Å². The smallest absolute Gasteiger partial charge is 0.269 e. The summed E-state index contributed by atoms with van der Waals surface area (Å²) in [5.41, 5.74) is 5.72. The lowest BCUT2D eigenvalue weighted by atomic mass is 9.86. The molecule has 7 nitrogen and oxygen atoms in total. The quantitative estimate of drug-likeness (QED) is 0.534. The fourth-order valence-corrected chi connectivity index (χ4v) is 3.34. The molecule has 8 heteroatoms. The molecule has 26 heavy (non-hydrogen) atoms. The highest BCUT2D eigenvalue weighted by Crippen LogP contribution is 2.38. The lowest BCUT2D eigenvalue weighted by molar-refractivity contribution is 0.0942. The third-order valence-electron chi connectivity index (χ3n) is 4.64. The number of rotatable bonds is 5. The molecule has 144 valence electrons. The van der Waals surface area contributed by atoms with Crippen molar-refractivity contribution in [3.63, 3.8) is 0 Å². The standard InChI is InChI=1S/C18H27N3O4S/c1-11-7-5-6-8-13(11)19-18(26)21-20-17(22)12-9-14(23-2)16(25-4)15(10-12)24-3/h9-11,13H,5-8H2,1-4H3,(H,20,22)(H2,19,21,26)/t11-,13-/m0/s1. The Kier molecular flexibility index (Phi) is 7.32. The molecule has 0 bridgehead atoms. The van der Waals surface area contributed by atoms with Crippen molar-refractivity contribution in [1.29, 1.82) is 0 Å². The molecule has 1 aliphatic carbocycles. The first-order valence-corrected chi connectivity index (χ1v) is 9.07. The minimum atomic E-state index is -0.356. The maximum absolute atomic E-state index is 12.4. The van der Waals surface area contributed by atoms with E-state index >= 15 is 0 Å². The normalized spacial score (nSPS) is 19.2. The molecule has 0 unspecified atom stereocenters. The summed E-state index contributed by atoms with van der Waals surface area (Å²) in [5.74, 6) is 1.46. The lowest BCUT2D eigenvalue weighted by Crippen LogP contribution is -2.51. The molecule has 0 saturated heterocycles. The monoisotopic (exact) mass is 381 g/mol. The number of methoxy groups -OCH3 is 3. The zero-order valence-electron chi connectivity index (χ0n) is 15.7. The largest absolute Gasteiger partial charge is 0.493 e. The van der Waals surface area contributed by atoms with E-state index < -0.39 is 0 Å². The van der Waals surface area contributed by atoms with Crippen LogP contribution in [0.3, 0.4) is 0 Å². The van der Waals surface area contributed by atoms with Crippen molar-refractivity contribution in [2.24, 2.45) is 5.92 Å². The van der Waals surface area contributed by atoms with Crippen LogP contribution in [0.25, 0.3) is 0 Å². The van der Waals surface area contributed by atoms with Crippen LogP contribution in [0, 0.1) is 5.92 Å². The maximum atomic E-state index is 12.4. The van der Waals surface area contributed by atoms with Gasteiger partial charge in [0.05, 0.1) is 21.3 Å². The van der Waals surface area contributed by atoms with Gasteiger partial charge in [0.1, 0.15) is 0 Å². The van der Waals surface area contributed by atoms with Gasteiger partial charge < -0.3 is 19.5 Å². The maximum Gasteiger partial charge on any atom is 0.269 e. The molecule has 0 radical (unpaired) electrons. The van der Waals surface area contributed by atoms with Gasteiger partial charge in [0, 0.05) is 11.6 Å². The molecule has 1 fully saturated rings. The summed E-state index contributed by atoms with van der Waals surface area (Å²) in [6.07, 6.45) is 4.74. The molecule has 1 saturated carbocycles. The fraction of sp³-hybridized carbons (Fsp3) is 0.556. The Labute approximate surface area is 159 Å². The molecular weight excluding hydrogens is 354 g/mol. The van der Waals surface area contributed by atoms with Crippen LogP contribution in [0.1, 0.15) is 43.0 Å². The van der Waals surface area contributed by atoms with Crippen molar-refractivity contribution in [2.75, 3.05) is 21.3 Å². The minimum absolute atomic E-state index is 0.335. The van der Waals surface area contributed by atoms with E-state index in [9.17, 15) is 4.79 Å². The molecule has 3 N–H and O–H groups in total. The Morgan fingerprint density at radius 3 is 2.19 bits per heavy atom. The molecular formula is C18H27N3O4S. The van der Waals surface area contributed by atoms with Gasteiger partial charge in [-0.25, -0.2) is 0 Å². The zero-order chi connectivity index (χ0) is 19.1. The van der Waals surface area contributed by atoms with Crippen LogP contribution in [0.4, 0.5) is 0 Å². The van der Waals surface area contributed by atoms with E-state index in [0.717, 1.165) is 6.42 Å². The number of thiocarbonyl (C=S) groups is 1. The van der Waals surface area contributed by atoms with E-state index in [-0.39, 0.29) is 5.91 Å². The first-order valence-electron chi connectivity index (χ1n) is 8.67. The Morgan fingerprint density at radius 2 is 1.65 bits per heavy atom. The molecule has 0 aliphatic heterocycles. The summed E-state index contributed by atoms with van der Waals surface area (Å²) >= 11 is 5.29. The fourth-order valence-electron chi connectivity index (χ4n) is 3.13. The number of carbonyl (C=O) groups excluding carboxylic acids is 1. The van der Waals surface area contributed by atoms with Crippen molar-refractivity contribution in [2.45, 2.75) is 38.6 Å². The van der Waals surface area contributed by atoms with Crippen molar-refractivity contribution in [3.05, 3.63) is 17.7 Å². The molecule has 1 aromatic carbocycles. The van der Waals surface area contributed by atoms with Gasteiger partial charge in [-0.3, -0.25) is 15.6 Å². The van der Waals surface area contributed by atoms with Gasteiger partial charge in [0.15, 0.2) is 16.6 Å². The summed E-state index contributed by atoms with van der Waals surface area (Å²) < 4.78 is 15.8. The second kappa shape index (κ2) is 9.47. The summed E-state index contributed by atoms with van der Waals surface area (Å²) in [4.78, 5) is 12.4. The Bertz CT molecular complexity index is 628. The van der Waals surface area contributed by atoms with Crippen LogP contribution >= 0.6 is 12.2 Å². The Hall–Kier alpha value is -2.22. The van der Waals surface area contributed by atoms with Crippen LogP contribution in [0.5, 0.6) is 17.2 Å². The SMILES string of the molecule is COc1cc(C(=O)NNC(=S)N[C@H]2CCCC[C@@H]2C)cc(OC)c1OC. The van der Waals surface area contributed by atoms with Gasteiger partial charge in [-0.15, -0.1) is 0 Å². The predicted molar refractivity (Wildman–Crippen MR) is 104 cm³/mol. The molecule has 1 aromatic rings. The summed E-state index contributed by atoms with van der Waals surface area (Å²) in [6.45, 7) is 2.22. The van der Waals surface area contributed by atoms with Crippen molar-refractivity contribution >= 4 is 23.2 Å². The van der Waals surface area contributed by atoms with E-state index in [4.69, 9.17) is 26.4 Å². The summed E-state index contributed by atoms with van der Waals surface area (Å²) in [6, 6.07) is 3.50. The topological polar surface area (TPSA) is 80.9 Å². The Morgan fingerprint density at radius 1 is 1.04 bits per heavy atom. The summed E-state index contributed by atoms with van der Waals surface area (Å²) in [5, 5.41) is 3.68. The zero-order valence-corrected chi connectivity index (χ0v) is 16.5. The molecule has 0 heterocycles. The van der Waals surface area contributed by atoms with Gasteiger partial charge in [-0.1, -0.05) is 19.8 Å². The van der Waals surface area contributed by atoms with Gasteiger partial charge in [0.25, 0.3) is 5.91 Å². The third-order valence-corrected chi connectivity index (χ3v) is 4.86. The second-order valence-electron chi connectivity index (χ2n) is 6.33.